The van der Waals surface area contributed by atoms with Crippen molar-refractivity contribution in [3.63, 3.8) is 0 Å². The van der Waals surface area contributed by atoms with Gasteiger partial charge in [-0.15, -0.1) is 0 Å². The molecule has 4 heterocycles. The van der Waals surface area contributed by atoms with Crippen molar-refractivity contribution in [2.45, 2.75) is 49.3 Å². The van der Waals surface area contributed by atoms with Crippen molar-refractivity contribution in [2.24, 2.45) is 5.41 Å². The van der Waals surface area contributed by atoms with Gasteiger partial charge >= 0.3 is 0 Å². The van der Waals surface area contributed by atoms with Crippen LogP contribution in [0.3, 0.4) is 0 Å². The number of fused-ring (bicyclic) bond motifs is 1. The van der Waals surface area contributed by atoms with Crippen LogP contribution < -0.4 is 10.2 Å². The molecule has 0 bridgehead atoms. The first-order chi connectivity index (χ1) is 17.4. The smallest absolute Gasteiger partial charge is 0.263 e. The number of alkyl halides is 2. The van der Waals surface area contributed by atoms with E-state index in [1.807, 2.05) is 0 Å². The predicted octanol–water partition coefficient (Wildman–Crippen LogP) is 3.79. The summed E-state index contributed by atoms with van der Waals surface area (Å²) >= 11 is 0. The van der Waals surface area contributed by atoms with Gasteiger partial charge in [-0.1, -0.05) is 0 Å². The molecule has 2 unspecified atom stereocenters. The lowest BCUT2D eigenvalue weighted by molar-refractivity contribution is -0.118. The van der Waals surface area contributed by atoms with Gasteiger partial charge in [0.25, 0.3) is 11.8 Å². The summed E-state index contributed by atoms with van der Waals surface area (Å²) in [4.78, 5) is 16.6. The Hall–Kier alpha value is -2.80. The van der Waals surface area contributed by atoms with Gasteiger partial charge in [-0.2, -0.15) is 4.31 Å². The van der Waals surface area contributed by atoms with Gasteiger partial charge in [0, 0.05) is 49.1 Å². The topological polar surface area (TPSA) is 82.4 Å². The summed E-state index contributed by atoms with van der Waals surface area (Å²) in [6.45, 7) is 0.662. The molecule has 2 aromatic rings. The maximum atomic E-state index is 15.3. The highest BCUT2D eigenvalue weighted by Crippen LogP contribution is 2.66. The standard InChI is InChI=1S/C24H23F5N4O3S/c25-16-2-3-18(31-21(34)23-4-1-7-33(23)37(23,35)36)20(27)15(16)10-14-11-19(17(26)12-30-14)32-8-5-22(6-9-32)13-24(22,28)29/h2-3,11-12H,1,4-10,13H2,(H,31,34). The fourth-order valence-corrected chi connectivity index (χ4v) is 8.04. The van der Waals surface area contributed by atoms with Crippen molar-refractivity contribution in [3.8, 4) is 0 Å². The highest BCUT2D eigenvalue weighted by molar-refractivity contribution is 7.98. The molecule has 1 amide bonds. The molecule has 7 nitrogen and oxygen atoms in total. The van der Waals surface area contributed by atoms with Crippen LogP contribution in [0.2, 0.25) is 0 Å². The number of carbonyl (C=O) groups is 1. The van der Waals surface area contributed by atoms with Crippen molar-refractivity contribution in [2.75, 3.05) is 29.9 Å². The molecule has 13 heteroatoms. The Morgan fingerprint density at radius 2 is 1.76 bits per heavy atom. The van der Waals surface area contributed by atoms with E-state index in [2.05, 4.69) is 10.3 Å². The third-order valence-electron chi connectivity index (χ3n) is 8.28. The van der Waals surface area contributed by atoms with Crippen LogP contribution in [0.5, 0.6) is 0 Å². The molecule has 1 aliphatic carbocycles. The zero-order chi connectivity index (χ0) is 26.4. The minimum Gasteiger partial charge on any atom is -0.369 e. The molecule has 1 aromatic carbocycles. The second-order valence-corrected chi connectivity index (χ2v) is 12.3. The second-order valence-electron chi connectivity index (χ2n) is 10.3. The Kier molecular flexibility index (Phi) is 5.21. The van der Waals surface area contributed by atoms with Crippen molar-refractivity contribution in [1.29, 1.82) is 0 Å². The average Bonchev–Trinajstić information content (AvgIpc) is 3.39. The Morgan fingerprint density at radius 1 is 1.05 bits per heavy atom. The molecule has 3 saturated heterocycles. The quantitative estimate of drug-likeness (QED) is 0.460. The highest BCUT2D eigenvalue weighted by atomic mass is 32.2. The largest absolute Gasteiger partial charge is 0.369 e. The van der Waals surface area contributed by atoms with Crippen LogP contribution in [0.4, 0.5) is 33.3 Å². The second kappa shape index (κ2) is 7.85. The molecule has 1 saturated carbocycles. The van der Waals surface area contributed by atoms with Gasteiger partial charge in [-0.05, 0) is 43.9 Å². The number of rotatable bonds is 5. The first-order valence-corrected chi connectivity index (χ1v) is 13.4. The zero-order valence-corrected chi connectivity index (χ0v) is 20.4. The van der Waals surface area contributed by atoms with Crippen LogP contribution in [0.15, 0.2) is 24.4 Å². The van der Waals surface area contributed by atoms with Crippen LogP contribution in [0, 0.1) is 22.9 Å². The first-order valence-electron chi connectivity index (χ1n) is 12.0. The molecule has 0 radical (unpaired) electrons. The molecular weight excluding hydrogens is 519 g/mol. The molecule has 4 aliphatic rings. The molecule has 37 heavy (non-hydrogen) atoms. The summed E-state index contributed by atoms with van der Waals surface area (Å²) in [5.41, 5.74) is -1.56. The SMILES string of the molecule is O=C(Nc1ccc(F)c(Cc2cc(N3CCC4(CC3)CC4(F)F)c(F)cn2)c1F)C12CCCN1S2(=O)=O. The molecule has 1 aromatic heterocycles. The van der Waals surface area contributed by atoms with Gasteiger partial charge in [0.1, 0.15) is 5.82 Å². The van der Waals surface area contributed by atoms with E-state index in [-0.39, 0.29) is 68.8 Å². The van der Waals surface area contributed by atoms with E-state index < -0.39 is 55.2 Å². The highest BCUT2D eigenvalue weighted by Gasteiger charge is 2.77. The van der Waals surface area contributed by atoms with Crippen LogP contribution >= 0.6 is 0 Å². The molecule has 4 fully saturated rings. The number of halogens is 5. The fourth-order valence-electron chi connectivity index (χ4n) is 5.86. The Morgan fingerprint density at radius 3 is 2.38 bits per heavy atom. The predicted molar refractivity (Wildman–Crippen MR) is 123 cm³/mol. The van der Waals surface area contributed by atoms with Crippen LogP contribution in [-0.4, -0.2) is 54.0 Å². The van der Waals surface area contributed by atoms with Crippen molar-refractivity contribution >= 4 is 27.3 Å². The maximum Gasteiger partial charge on any atom is 0.263 e. The summed E-state index contributed by atoms with van der Waals surface area (Å²) < 4.78 is 97.3. The molecule has 2 atom stereocenters. The molecule has 6 rings (SSSR count). The number of sulfonamides is 1. The summed E-state index contributed by atoms with van der Waals surface area (Å²) in [6.07, 6.45) is 1.42. The van der Waals surface area contributed by atoms with E-state index in [1.165, 1.54) is 6.07 Å². The van der Waals surface area contributed by atoms with Gasteiger partial charge < -0.3 is 10.2 Å². The summed E-state index contributed by atoms with van der Waals surface area (Å²) in [5.74, 6) is -6.26. The lowest BCUT2D eigenvalue weighted by Crippen LogP contribution is -2.37. The lowest BCUT2D eigenvalue weighted by Gasteiger charge is -2.34. The van der Waals surface area contributed by atoms with E-state index in [1.54, 1.807) is 4.90 Å². The van der Waals surface area contributed by atoms with Crippen LogP contribution in [0.25, 0.3) is 0 Å². The summed E-state index contributed by atoms with van der Waals surface area (Å²) in [5, 5.41) is 2.28. The van der Waals surface area contributed by atoms with Gasteiger partial charge in [0.05, 0.1) is 17.6 Å². The van der Waals surface area contributed by atoms with E-state index in [9.17, 15) is 30.8 Å². The molecule has 3 aliphatic heterocycles. The zero-order valence-electron chi connectivity index (χ0n) is 19.5. The van der Waals surface area contributed by atoms with Gasteiger partial charge in [0.15, 0.2) is 11.6 Å². The Bertz CT molecular complexity index is 1430. The Labute approximate surface area is 209 Å². The Balaban J connectivity index is 1.21. The number of aromatic nitrogens is 1. The fraction of sp³-hybridized carbons (Fsp3) is 0.500. The van der Waals surface area contributed by atoms with Gasteiger partial charge in [0.2, 0.25) is 14.9 Å². The van der Waals surface area contributed by atoms with E-state index in [0.717, 1.165) is 22.6 Å². The number of anilines is 2. The number of carbonyl (C=O) groups excluding carboxylic acids is 1. The molecule has 1 spiro atoms. The summed E-state index contributed by atoms with van der Waals surface area (Å²) in [6, 6.07) is 3.30. The van der Waals surface area contributed by atoms with Gasteiger partial charge in [-0.3, -0.25) is 9.78 Å². The molecule has 1 N–H and O–H groups in total. The number of hydrogen-bond acceptors (Lipinski definition) is 5. The van der Waals surface area contributed by atoms with Gasteiger partial charge in [-0.25, -0.2) is 30.4 Å². The number of hydrogen-bond donors (Lipinski definition) is 1. The molecular formula is C24H23F5N4O3S. The summed E-state index contributed by atoms with van der Waals surface area (Å²) in [7, 11) is -3.76. The maximum absolute atomic E-state index is 15.3. The number of pyridine rings is 1. The van der Waals surface area contributed by atoms with E-state index >= 15 is 4.39 Å². The number of piperidine rings is 1. The monoisotopic (exact) mass is 542 g/mol. The third-order valence-corrected chi connectivity index (χ3v) is 10.6. The van der Waals surface area contributed by atoms with Crippen LogP contribution in [-0.2, 0) is 21.2 Å². The van der Waals surface area contributed by atoms with Crippen molar-refractivity contribution in [3.05, 3.63) is 53.1 Å². The van der Waals surface area contributed by atoms with E-state index in [0.29, 0.717) is 6.42 Å². The third kappa shape index (κ3) is 3.49. The number of nitrogens with one attached hydrogen (secondary N) is 1. The molecule has 198 valence electrons. The number of benzene rings is 1. The lowest BCUT2D eigenvalue weighted by atomic mass is 9.92. The normalized spacial score (nSPS) is 28.1. The number of nitrogens with zero attached hydrogens (tertiary/aromatic N) is 3. The van der Waals surface area contributed by atoms with E-state index in [4.69, 9.17) is 0 Å². The van der Waals surface area contributed by atoms with Crippen molar-refractivity contribution < 1.29 is 35.2 Å². The number of amides is 1. The minimum absolute atomic E-state index is 0.0916. The average molecular weight is 543 g/mol. The van der Waals surface area contributed by atoms with Crippen LogP contribution in [0.1, 0.15) is 43.4 Å². The minimum atomic E-state index is -3.76. The first kappa shape index (κ1) is 24.5. The van der Waals surface area contributed by atoms with Crippen molar-refractivity contribution in [1.82, 2.24) is 9.29 Å².